The van der Waals surface area contributed by atoms with Gasteiger partial charge in [0.15, 0.2) is 0 Å². The number of allylic oxidation sites excluding steroid dienone is 4. The van der Waals surface area contributed by atoms with Crippen LogP contribution in [0.2, 0.25) is 0 Å². The number of benzene rings is 1. The van der Waals surface area contributed by atoms with Gasteiger partial charge in [0, 0.05) is 24.6 Å². The van der Waals surface area contributed by atoms with Crippen molar-refractivity contribution in [3.63, 3.8) is 0 Å². The Hall–Kier alpha value is -2.60. The molecular formula is C44H61NO4S. The molecule has 50 heavy (non-hydrogen) atoms. The smallest absolute Gasteiger partial charge is 0.335 e. The summed E-state index contributed by atoms with van der Waals surface area (Å²) in [5.41, 5.74) is 4.87. The zero-order chi connectivity index (χ0) is 36.1. The largest absolute Gasteiger partial charge is 0.478 e. The number of carbonyl (C=O) groups excluding carboxylic acids is 1. The third-order valence-corrected chi connectivity index (χ3v) is 18.3. The van der Waals surface area contributed by atoms with Crippen molar-refractivity contribution in [2.24, 2.45) is 56.7 Å². The normalized spacial score (nSPS) is 41.7. The van der Waals surface area contributed by atoms with E-state index in [-0.39, 0.29) is 33.0 Å². The molecule has 1 aromatic carbocycles. The summed E-state index contributed by atoms with van der Waals surface area (Å²) in [6.45, 7) is 20.7. The topological polar surface area (TPSA) is 74.7 Å². The molecule has 6 aliphatic rings. The summed E-state index contributed by atoms with van der Waals surface area (Å²) in [6, 6.07) is 7.55. The lowest BCUT2D eigenvalue weighted by molar-refractivity contribution is -0.221. The summed E-state index contributed by atoms with van der Waals surface area (Å²) in [5, 5.41) is 9.49. The van der Waals surface area contributed by atoms with Gasteiger partial charge in [0.2, 0.25) is 5.91 Å². The highest BCUT2D eigenvalue weighted by Gasteiger charge is 2.70. The fourth-order valence-electron chi connectivity index (χ4n) is 13.7. The molecule has 0 aromatic heterocycles. The molecule has 4 saturated carbocycles. The van der Waals surface area contributed by atoms with Gasteiger partial charge >= 0.3 is 5.97 Å². The van der Waals surface area contributed by atoms with Crippen LogP contribution in [-0.4, -0.2) is 56.6 Å². The molecule has 1 heterocycles. The molecular weight excluding hydrogens is 639 g/mol. The van der Waals surface area contributed by atoms with E-state index in [0.717, 1.165) is 31.2 Å². The fraction of sp³-hybridized carbons (Fsp3) is 0.659. The van der Waals surface area contributed by atoms with Crippen molar-refractivity contribution in [2.75, 3.05) is 24.6 Å². The first-order valence-electron chi connectivity index (χ1n) is 19.4. The highest BCUT2D eigenvalue weighted by atomic mass is 32.2. The van der Waals surface area contributed by atoms with Gasteiger partial charge in [0.1, 0.15) is 0 Å². The Morgan fingerprint density at radius 1 is 0.900 bits per heavy atom. The molecule has 6 heteroatoms. The van der Waals surface area contributed by atoms with E-state index in [1.807, 2.05) is 23.1 Å². The number of hydrogen-bond acceptors (Lipinski definition) is 3. The van der Waals surface area contributed by atoms with E-state index in [0.29, 0.717) is 59.7 Å². The average Bonchev–Trinajstić information content (AvgIpc) is 3.44. The van der Waals surface area contributed by atoms with Crippen LogP contribution in [-0.2, 0) is 14.3 Å². The molecule has 1 aromatic rings. The van der Waals surface area contributed by atoms with Crippen molar-refractivity contribution in [3.05, 3.63) is 65.8 Å². The minimum Gasteiger partial charge on any atom is -0.478 e. The summed E-state index contributed by atoms with van der Waals surface area (Å²) in [6.07, 6.45) is 17.4. The second-order valence-electron chi connectivity index (χ2n) is 18.9. The molecule has 5 nitrogen and oxygen atoms in total. The summed E-state index contributed by atoms with van der Waals surface area (Å²) in [7, 11) is -2.04. The van der Waals surface area contributed by atoms with Crippen molar-refractivity contribution < 1.29 is 18.9 Å². The molecule has 5 fully saturated rings. The van der Waals surface area contributed by atoms with Gasteiger partial charge in [-0.2, -0.15) is 0 Å². The van der Waals surface area contributed by atoms with E-state index in [1.165, 1.54) is 43.3 Å². The zero-order valence-corrected chi connectivity index (χ0v) is 32.4. The fourth-order valence-corrected chi connectivity index (χ4v) is 15.0. The van der Waals surface area contributed by atoms with Gasteiger partial charge in [0.25, 0.3) is 0 Å². The number of amides is 1. The van der Waals surface area contributed by atoms with Crippen molar-refractivity contribution in [1.29, 1.82) is 0 Å². The zero-order valence-electron chi connectivity index (χ0n) is 31.6. The van der Waals surface area contributed by atoms with Gasteiger partial charge in [-0.05, 0) is 166 Å². The SMILES string of the molecule is C=C(C)[C@@H]1CC[C@]2(/C=C/C(=O)N3CCS(=C)(=O)CC3)CC[C@]3(C)[C@H](CC[C@@H]4[C@@]5(C)CC=C(c6ccc(C(=O)O)cc6)C(C)(C)[C@@H]5CC[C@]43C)[C@@H]12. The van der Waals surface area contributed by atoms with E-state index < -0.39 is 15.5 Å². The predicted octanol–water partition coefficient (Wildman–Crippen LogP) is 9.15. The van der Waals surface area contributed by atoms with E-state index in [2.05, 4.69) is 66.1 Å². The molecule has 0 spiro atoms. The van der Waals surface area contributed by atoms with Gasteiger partial charge in [-0.25, -0.2) is 4.79 Å². The quantitative estimate of drug-likeness (QED) is 0.189. The minimum atomic E-state index is -2.04. The molecule has 0 radical (unpaired) electrons. The second kappa shape index (κ2) is 12.0. The van der Waals surface area contributed by atoms with Crippen LogP contribution >= 0.6 is 0 Å². The van der Waals surface area contributed by atoms with Crippen LogP contribution in [0.1, 0.15) is 115 Å². The van der Waals surface area contributed by atoms with Crippen molar-refractivity contribution in [2.45, 2.75) is 99.3 Å². The van der Waals surface area contributed by atoms with Gasteiger partial charge in [-0.3, -0.25) is 9.00 Å². The Balaban J connectivity index is 1.18. The maximum absolute atomic E-state index is 13.5. The number of fused-ring (bicyclic) bond motifs is 7. The second-order valence-corrected chi connectivity index (χ2v) is 21.6. The standard InChI is InChI=1S/C44H61NO4S/c1-29(2)32-15-21-44(22-18-37(46)45-25-27-50(8,49)28-26-45)24-23-42(6)34(38(32)44)13-14-36-41(5)19-16-33(30-9-11-31(12-10-30)39(47)48)40(3,4)35(41)17-20-43(36,42)7/h9-12,16,18,22,32,34-36,38H,1,8,13-15,17,19-21,23-28H2,2-7H3,(H,47,48)/b22-18+/t32-,34+,35-,36+,38+,41-,42+,43+,44-/m0/s1. The van der Waals surface area contributed by atoms with E-state index >= 15 is 0 Å². The summed E-state index contributed by atoms with van der Waals surface area (Å²) < 4.78 is 12.5. The van der Waals surface area contributed by atoms with Crippen LogP contribution < -0.4 is 0 Å². The molecule has 0 unspecified atom stereocenters. The maximum Gasteiger partial charge on any atom is 0.335 e. The Morgan fingerprint density at radius 3 is 2.22 bits per heavy atom. The van der Waals surface area contributed by atoms with E-state index in [9.17, 15) is 18.9 Å². The van der Waals surface area contributed by atoms with Crippen LogP contribution in [0.15, 0.2) is 54.6 Å². The van der Waals surface area contributed by atoms with E-state index in [4.69, 9.17) is 0 Å². The number of carboxylic acids is 1. The maximum atomic E-state index is 13.5. The van der Waals surface area contributed by atoms with Crippen LogP contribution in [0.4, 0.5) is 0 Å². The van der Waals surface area contributed by atoms with Crippen LogP contribution in [0.5, 0.6) is 0 Å². The number of rotatable bonds is 5. The highest BCUT2D eigenvalue weighted by Crippen LogP contribution is 2.78. The Morgan fingerprint density at radius 2 is 1.58 bits per heavy atom. The van der Waals surface area contributed by atoms with Crippen molar-refractivity contribution in [1.82, 2.24) is 4.90 Å². The first-order valence-corrected chi connectivity index (χ1v) is 21.5. The summed E-state index contributed by atoms with van der Waals surface area (Å²) in [5.74, 6) is 6.90. The number of nitrogens with zero attached hydrogens (tertiary/aromatic N) is 1. The molecule has 9 atom stereocenters. The molecule has 5 aliphatic carbocycles. The van der Waals surface area contributed by atoms with Crippen molar-refractivity contribution in [3.8, 4) is 0 Å². The summed E-state index contributed by atoms with van der Waals surface area (Å²) in [4.78, 5) is 26.9. The number of carboxylic acid groups (broad SMARTS) is 1. The molecule has 1 aliphatic heterocycles. The van der Waals surface area contributed by atoms with Crippen LogP contribution in [0.25, 0.3) is 5.57 Å². The van der Waals surface area contributed by atoms with Crippen LogP contribution in [0.3, 0.4) is 0 Å². The van der Waals surface area contributed by atoms with E-state index in [1.54, 1.807) is 12.1 Å². The number of aromatic carboxylic acids is 1. The van der Waals surface area contributed by atoms with Gasteiger partial charge in [-0.15, -0.1) is 0 Å². The Bertz CT molecular complexity index is 1740. The van der Waals surface area contributed by atoms with Gasteiger partial charge < -0.3 is 10.0 Å². The first-order chi connectivity index (χ1) is 23.4. The molecule has 7 rings (SSSR count). The average molecular weight is 700 g/mol. The minimum absolute atomic E-state index is 0.00906. The Kier molecular flexibility index (Phi) is 8.56. The number of hydrogen-bond donors (Lipinski definition) is 1. The van der Waals surface area contributed by atoms with Gasteiger partial charge in [-0.1, -0.05) is 71.1 Å². The molecule has 1 saturated heterocycles. The Labute approximate surface area is 302 Å². The molecule has 1 N–H and O–H groups in total. The number of carbonyl (C=O) groups is 2. The third kappa shape index (κ3) is 5.26. The molecule has 0 bridgehead atoms. The lowest BCUT2D eigenvalue weighted by atomic mass is 9.32. The lowest BCUT2D eigenvalue weighted by Crippen LogP contribution is -2.65. The third-order valence-electron chi connectivity index (χ3n) is 16.5. The predicted molar refractivity (Wildman–Crippen MR) is 206 cm³/mol. The first kappa shape index (κ1) is 35.8. The van der Waals surface area contributed by atoms with Gasteiger partial charge in [0.05, 0.1) is 5.56 Å². The van der Waals surface area contributed by atoms with Crippen LogP contribution in [0, 0.1) is 56.7 Å². The molecule has 272 valence electrons. The highest BCUT2D eigenvalue weighted by molar-refractivity contribution is 8.00. The summed E-state index contributed by atoms with van der Waals surface area (Å²) >= 11 is 0. The molecule has 1 amide bonds. The monoisotopic (exact) mass is 699 g/mol. The van der Waals surface area contributed by atoms with Crippen molar-refractivity contribution >= 4 is 32.8 Å². The lowest BCUT2D eigenvalue weighted by Gasteiger charge is -2.72.